The maximum Gasteiger partial charge on any atom is 0.0406 e. The van der Waals surface area contributed by atoms with Crippen LogP contribution >= 0.6 is 11.6 Å². The molecule has 1 atom stereocenters. The lowest BCUT2D eigenvalue weighted by atomic mass is 10.0. The lowest BCUT2D eigenvalue weighted by Crippen LogP contribution is -2.27. The van der Waals surface area contributed by atoms with E-state index >= 15 is 0 Å². The van der Waals surface area contributed by atoms with E-state index in [2.05, 4.69) is 60.6 Å². The molecule has 112 valence electrons. The predicted octanol–water partition coefficient (Wildman–Crippen LogP) is 4.52. The standard InChI is InChI=1S/C18H23ClN2/c1-3-20-18(15-9-11-16(19)12-10-15)13-14-21(2)17-7-5-4-6-8-17/h4-12,18,20H,3,13-14H2,1-2H3. The van der Waals surface area contributed by atoms with Gasteiger partial charge in [-0.3, -0.25) is 0 Å². The van der Waals surface area contributed by atoms with Gasteiger partial charge in [0.2, 0.25) is 0 Å². The van der Waals surface area contributed by atoms with Crippen LogP contribution in [0, 0.1) is 0 Å². The molecule has 0 spiro atoms. The first-order valence-electron chi connectivity index (χ1n) is 7.45. The molecule has 0 saturated heterocycles. The number of benzene rings is 2. The number of nitrogens with one attached hydrogen (secondary N) is 1. The molecule has 3 heteroatoms. The Morgan fingerprint density at radius 3 is 2.33 bits per heavy atom. The highest BCUT2D eigenvalue weighted by atomic mass is 35.5. The Morgan fingerprint density at radius 2 is 1.71 bits per heavy atom. The molecule has 0 radical (unpaired) electrons. The first-order valence-corrected chi connectivity index (χ1v) is 7.83. The second-order valence-electron chi connectivity index (χ2n) is 5.21. The van der Waals surface area contributed by atoms with Gasteiger partial charge in [0.25, 0.3) is 0 Å². The third-order valence-electron chi connectivity index (χ3n) is 3.67. The molecule has 21 heavy (non-hydrogen) atoms. The van der Waals surface area contributed by atoms with Gasteiger partial charge in [-0.15, -0.1) is 0 Å². The Morgan fingerprint density at radius 1 is 1.05 bits per heavy atom. The average Bonchev–Trinajstić information content (AvgIpc) is 2.53. The first kappa shape index (κ1) is 15.9. The van der Waals surface area contributed by atoms with Crippen LogP contribution in [0.3, 0.4) is 0 Å². The predicted molar refractivity (Wildman–Crippen MR) is 92.2 cm³/mol. The number of hydrogen-bond donors (Lipinski definition) is 1. The summed E-state index contributed by atoms with van der Waals surface area (Å²) in [5, 5.41) is 4.34. The van der Waals surface area contributed by atoms with E-state index in [-0.39, 0.29) is 0 Å². The minimum absolute atomic E-state index is 0.360. The van der Waals surface area contributed by atoms with Crippen molar-refractivity contribution in [3.8, 4) is 0 Å². The maximum atomic E-state index is 5.97. The summed E-state index contributed by atoms with van der Waals surface area (Å²) in [6.45, 7) is 4.11. The second kappa shape index (κ2) is 8.06. The highest BCUT2D eigenvalue weighted by molar-refractivity contribution is 6.30. The lowest BCUT2D eigenvalue weighted by Gasteiger charge is -2.24. The van der Waals surface area contributed by atoms with Crippen molar-refractivity contribution in [2.45, 2.75) is 19.4 Å². The van der Waals surface area contributed by atoms with E-state index in [1.807, 2.05) is 18.2 Å². The maximum absolute atomic E-state index is 5.97. The molecule has 2 nitrogen and oxygen atoms in total. The van der Waals surface area contributed by atoms with Crippen molar-refractivity contribution >= 4 is 17.3 Å². The van der Waals surface area contributed by atoms with Gasteiger partial charge in [-0.1, -0.05) is 48.9 Å². The van der Waals surface area contributed by atoms with Gasteiger partial charge in [0.05, 0.1) is 0 Å². The summed E-state index contributed by atoms with van der Waals surface area (Å²) >= 11 is 5.97. The third-order valence-corrected chi connectivity index (χ3v) is 3.93. The molecule has 0 amide bonds. The Hall–Kier alpha value is -1.51. The van der Waals surface area contributed by atoms with Gasteiger partial charge in [-0.05, 0) is 42.8 Å². The number of rotatable bonds is 7. The van der Waals surface area contributed by atoms with Crippen LogP contribution in [0.2, 0.25) is 5.02 Å². The molecular weight excluding hydrogens is 280 g/mol. The molecule has 1 unspecified atom stereocenters. The number of anilines is 1. The van der Waals surface area contributed by atoms with Gasteiger partial charge < -0.3 is 10.2 Å². The normalized spacial score (nSPS) is 12.1. The van der Waals surface area contributed by atoms with E-state index in [0.29, 0.717) is 6.04 Å². The van der Waals surface area contributed by atoms with E-state index in [9.17, 15) is 0 Å². The van der Waals surface area contributed by atoms with Crippen LogP contribution in [-0.4, -0.2) is 20.1 Å². The summed E-state index contributed by atoms with van der Waals surface area (Å²) in [5.41, 5.74) is 2.55. The Bertz CT molecular complexity index is 525. The minimum atomic E-state index is 0.360. The van der Waals surface area contributed by atoms with Crippen molar-refractivity contribution in [3.05, 3.63) is 65.2 Å². The summed E-state index contributed by atoms with van der Waals surface area (Å²) in [4.78, 5) is 2.29. The van der Waals surface area contributed by atoms with Crippen molar-refractivity contribution in [2.24, 2.45) is 0 Å². The van der Waals surface area contributed by atoms with E-state index in [0.717, 1.165) is 24.5 Å². The molecular formula is C18H23ClN2. The molecule has 0 fully saturated rings. The van der Waals surface area contributed by atoms with Crippen LogP contribution in [0.4, 0.5) is 5.69 Å². The Labute approximate surface area is 132 Å². The zero-order valence-corrected chi connectivity index (χ0v) is 13.5. The molecule has 0 saturated carbocycles. The molecule has 0 aromatic heterocycles. The highest BCUT2D eigenvalue weighted by Gasteiger charge is 2.11. The molecule has 2 aromatic carbocycles. The summed E-state index contributed by atoms with van der Waals surface area (Å²) in [5.74, 6) is 0. The van der Waals surface area contributed by atoms with Crippen molar-refractivity contribution in [2.75, 3.05) is 25.0 Å². The largest absolute Gasteiger partial charge is 0.375 e. The lowest BCUT2D eigenvalue weighted by molar-refractivity contribution is 0.516. The van der Waals surface area contributed by atoms with E-state index < -0.39 is 0 Å². The number of hydrogen-bond acceptors (Lipinski definition) is 2. The molecule has 2 aromatic rings. The van der Waals surface area contributed by atoms with Gasteiger partial charge in [-0.2, -0.15) is 0 Å². The van der Waals surface area contributed by atoms with Crippen molar-refractivity contribution in [1.82, 2.24) is 5.32 Å². The van der Waals surface area contributed by atoms with E-state index in [1.54, 1.807) is 0 Å². The summed E-state index contributed by atoms with van der Waals surface area (Å²) in [6.07, 6.45) is 1.06. The SMILES string of the molecule is CCNC(CCN(C)c1ccccc1)c1ccc(Cl)cc1. The van der Waals surface area contributed by atoms with E-state index in [1.165, 1.54) is 11.3 Å². The van der Waals surface area contributed by atoms with Crippen LogP contribution < -0.4 is 10.2 Å². The fourth-order valence-electron chi connectivity index (χ4n) is 2.46. The number of nitrogens with zero attached hydrogens (tertiary/aromatic N) is 1. The monoisotopic (exact) mass is 302 g/mol. The smallest absolute Gasteiger partial charge is 0.0406 e. The zero-order chi connectivity index (χ0) is 15.1. The molecule has 0 aliphatic carbocycles. The molecule has 0 aliphatic rings. The first-order chi connectivity index (χ1) is 10.2. The second-order valence-corrected chi connectivity index (χ2v) is 5.64. The molecule has 2 rings (SSSR count). The average molecular weight is 303 g/mol. The fourth-order valence-corrected chi connectivity index (χ4v) is 2.59. The zero-order valence-electron chi connectivity index (χ0n) is 12.7. The van der Waals surface area contributed by atoms with Crippen LogP contribution in [0.5, 0.6) is 0 Å². The van der Waals surface area contributed by atoms with Crippen molar-refractivity contribution in [3.63, 3.8) is 0 Å². The highest BCUT2D eigenvalue weighted by Crippen LogP contribution is 2.21. The Kier molecular flexibility index (Phi) is 6.09. The van der Waals surface area contributed by atoms with Crippen LogP contribution in [0.25, 0.3) is 0 Å². The van der Waals surface area contributed by atoms with Crippen LogP contribution in [-0.2, 0) is 0 Å². The molecule has 0 heterocycles. The minimum Gasteiger partial charge on any atom is -0.375 e. The quantitative estimate of drug-likeness (QED) is 0.809. The van der Waals surface area contributed by atoms with Gasteiger partial charge >= 0.3 is 0 Å². The number of halogens is 1. The van der Waals surface area contributed by atoms with Gasteiger partial charge in [0, 0.05) is 30.3 Å². The summed E-state index contributed by atoms with van der Waals surface area (Å²) in [6, 6.07) is 19.0. The molecule has 0 bridgehead atoms. The van der Waals surface area contributed by atoms with Gasteiger partial charge in [-0.25, -0.2) is 0 Å². The summed E-state index contributed by atoms with van der Waals surface area (Å²) < 4.78 is 0. The fraction of sp³-hybridized carbons (Fsp3) is 0.333. The molecule has 0 aliphatic heterocycles. The van der Waals surface area contributed by atoms with Crippen LogP contribution in [0.1, 0.15) is 24.9 Å². The Balaban J connectivity index is 1.98. The topological polar surface area (TPSA) is 15.3 Å². The third kappa shape index (κ3) is 4.76. The van der Waals surface area contributed by atoms with Crippen molar-refractivity contribution in [1.29, 1.82) is 0 Å². The summed E-state index contributed by atoms with van der Waals surface area (Å²) in [7, 11) is 2.14. The van der Waals surface area contributed by atoms with Crippen molar-refractivity contribution < 1.29 is 0 Å². The van der Waals surface area contributed by atoms with Gasteiger partial charge in [0.1, 0.15) is 0 Å². The van der Waals surface area contributed by atoms with Gasteiger partial charge in [0.15, 0.2) is 0 Å². The molecule has 1 N–H and O–H groups in total. The number of para-hydroxylation sites is 1. The van der Waals surface area contributed by atoms with Crippen LogP contribution in [0.15, 0.2) is 54.6 Å². The van der Waals surface area contributed by atoms with E-state index in [4.69, 9.17) is 11.6 Å².